The Morgan fingerprint density at radius 1 is 1.10 bits per heavy atom. The first-order valence-corrected chi connectivity index (χ1v) is 11.1. The number of carbonyl (C=O) groups excluding carboxylic acids is 2. The quantitative estimate of drug-likeness (QED) is 0.732. The molecule has 4 aliphatic carbocycles. The molecule has 0 spiro atoms. The fraction of sp³-hybridized carbons (Fsp3) is 0.667. The highest BCUT2D eigenvalue weighted by Gasteiger charge is 2.51. The molecule has 2 amide bonds. The minimum atomic E-state index is -0.183. The van der Waals surface area contributed by atoms with Crippen molar-refractivity contribution < 1.29 is 14.3 Å². The van der Waals surface area contributed by atoms with E-state index in [9.17, 15) is 9.59 Å². The lowest BCUT2D eigenvalue weighted by Gasteiger charge is -2.56. The summed E-state index contributed by atoms with van der Waals surface area (Å²) in [7, 11) is 1.63. The van der Waals surface area contributed by atoms with Gasteiger partial charge in [0.1, 0.15) is 5.75 Å². The van der Waals surface area contributed by atoms with Crippen LogP contribution in [0.5, 0.6) is 5.75 Å². The van der Waals surface area contributed by atoms with Crippen LogP contribution in [0, 0.1) is 30.1 Å². The van der Waals surface area contributed by atoms with Gasteiger partial charge in [-0.2, -0.15) is 0 Å². The second-order valence-electron chi connectivity index (χ2n) is 9.91. The molecule has 1 aromatic carbocycles. The number of methoxy groups -OCH3 is 1. The number of aryl methyl sites for hydroxylation is 1. The standard InChI is InChI=1S/C24H34N2O3/c1-15-4-5-21(29-3)20(6-15)16(2)26-23(28)14-25-22(27)13-24-10-17-7-18(11-24)9-19(8-17)12-24/h4-6,16-19H,7-14H2,1-3H3,(H,25,27)(H,26,28)/t16-,17?,18?,19?,24?/m1/s1. The van der Waals surface area contributed by atoms with Crippen LogP contribution in [0.25, 0.3) is 0 Å². The maximum Gasteiger partial charge on any atom is 0.239 e. The molecule has 1 aromatic rings. The van der Waals surface area contributed by atoms with Gasteiger partial charge in [-0.15, -0.1) is 0 Å². The van der Waals surface area contributed by atoms with Gasteiger partial charge in [0.15, 0.2) is 0 Å². The van der Waals surface area contributed by atoms with Gasteiger partial charge in [0.2, 0.25) is 11.8 Å². The van der Waals surface area contributed by atoms with E-state index in [-0.39, 0.29) is 29.8 Å². The summed E-state index contributed by atoms with van der Waals surface area (Å²) in [5.41, 5.74) is 2.27. The normalized spacial score (nSPS) is 30.7. The predicted octanol–water partition coefficient (Wildman–Crippen LogP) is 3.90. The van der Waals surface area contributed by atoms with E-state index >= 15 is 0 Å². The molecule has 4 aliphatic rings. The zero-order valence-electron chi connectivity index (χ0n) is 17.9. The van der Waals surface area contributed by atoms with E-state index in [1.54, 1.807) is 7.11 Å². The zero-order valence-corrected chi connectivity index (χ0v) is 17.9. The van der Waals surface area contributed by atoms with Crippen LogP contribution in [-0.2, 0) is 9.59 Å². The maximum atomic E-state index is 12.6. The number of amides is 2. The zero-order chi connectivity index (χ0) is 20.6. The van der Waals surface area contributed by atoms with Crippen molar-refractivity contribution in [3.05, 3.63) is 29.3 Å². The molecular formula is C24H34N2O3. The smallest absolute Gasteiger partial charge is 0.239 e. The second kappa shape index (κ2) is 8.00. The van der Waals surface area contributed by atoms with Crippen LogP contribution in [0.2, 0.25) is 0 Å². The van der Waals surface area contributed by atoms with Gasteiger partial charge in [0, 0.05) is 12.0 Å². The third-order valence-corrected chi connectivity index (χ3v) is 7.38. The highest BCUT2D eigenvalue weighted by molar-refractivity contribution is 5.85. The lowest BCUT2D eigenvalue weighted by Crippen LogP contribution is -2.48. The summed E-state index contributed by atoms with van der Waals surface area (Å²) in [4.78, 5) is 25.0. The van der Waals surface area contributed by atoms with Crippen molar-refractivity contribution in [2.24, 2.45) is 23.2 Å². The van der Waals surface area contributed by atoms with Crippen LogP contribution < -0.4 is 15.4 Å². The van der Waals surface area contributed by atoms with Gasteiger partial charge in [-0.05, 0) is 81.6 Å². The molecule has 4 saturated carbocycles. The Bertz CT molecular complexity index is 753. The number of rotatable bonds is 7. The highest BCUT2D eigenvalue weighted by atomic mass is 16.5. The van der Waals surface area contributed by atoms with Crippen molar-refractivity contribution in [3.63, 3.8) is 0 Å². The molecule has 2 N–H and O–H groups in total. The molecule has 5 heteroatoms. The van der Waals surface area contributed by atoms with Crippen LogP contribution in [0.4, 0.5) is 0 Å². The Hall–Kier alpha value is -2.04. The number of benzene rings is 1. The molecule has 1 atom stereocenters. The van der Waals surface area contributed by atoms with Gasteiger partial charge >= 0.3 is 0 Å². The lowest BCUT2D eigenvalue weighted by molar-refractivity contribution is -0.132. The summed E-state index contributed by atoms with van der Waals surface area (Å²) in [6.07, 6.45) is 8.36. The highest BCUT2D eigenvalue weighted by Crippen LogP contribution is 2.61. The maximum absolute atomic E-state index is 12.6. The lowest BCUT2D eigenvalue weighted by atomic mass is 9.49. The minimum Gasteiger partial charge on any atom is -0.496 e. The average molecular weight is 399 g/mol. The molecule has 0 heterocycles. The molecule has 0 unspecified atom stereocenters. The van der Waals surface area contributed by atoms with Crippen molar-refractivity contribution >= 4 is 11.8 Å². The van der Waals surface area contributed by atoms with E-state index in [1.807, 2.05) is 32.0 Å². The molecule has 0 aliphatic heterocycles. The molecule has 0 aromatic heterocycles. The van der Waals surface area contributed by atoms with Crippen LogP contribution in [0.1, 0.15) is 69.0 Å². The van der Waals surface area contributed by atoms with Gasteiger partial charge in [-0.3, -0.25) is 9.59 Å². The van der Waals surface area contributed by atoms with Crippen LogP contribution in [-0.4, -0.2) is 25.5 Å². The molecule has 158 valence electrons. The van der Waals surface area contributed by atoms with Crippen molar-refractivity contribution in [1.29, 1.82) is 0 Å². The van der Waals surface area contributed by atoms with E-state index in [0.29, 0.717) is 6.42 Å². The third-order valence-electron chi connectivity index (χ3n) is 7.38. The van der Waals surface area contributed by atoms with Crippen molar-refractivity contribution in [1.82, 2.24) is 10.6 Å². The second-order valence-corrected chi connectivity index (χ2v) is 9.91. The first-order valence-electron chi connectivity index (χ1n) is 11.1. The van der Waals surface area contributed by atoms with Crippen LogP contribution in [0.3, 0.4) is 0 Å². The van der Waals surface area contributed by atoms with Crippen molar-refractivity contribution in [2.45, 2.75) is 64.8 Å². The topological polar surface area (TPSA) is 67.4 Å². The number of ether oxygens (including phenoxy) is 1. The average Bonchev–Trinajstić information content (AvgIpc) is 2.65. The summed E-state index contributed by atoms with van der Waals surface area (Å²) in [6.45, 7) is 3.98. The summed E-state index contributed by atoms with van der Waals surface area (Å²) < 4.78 is 5.41. The Balaban J connectivity index is 1.28. The first-order chi connectivity index (χ1) is 13.9. The summed E-state index contributed by atoms with van der Waals surface area (Å²) in [5, 5.41) is 5.85. The fourth-order valence-electron chi connectivity index (χ4n) is 6.65. The Kier molecular flexibility index (Phi) is 5.58. The van der Waals surface area contributed by atoms with Gasteiger partial charge < -0.3 is 15.4 Å². The van der Waals surface area contributed by atoms with E-state index in [1.165, 1.54) is 38.5 Å². The van der Waals surface area contributed by atoms with E-state index in [2.05, 4.69) is 10.6 Å². The van der Waals surface area contributed by atoms with Gasteiger partial charge in [0.05, 0.1) is 19.7 Å². The van der Waals surface area contributed by atoms with E-state index in [4.69, 9.17) is 4.74 Å². The first kappa shape index (κ1) is 20.2. The molecule has 0 radical (unpaired) electrons. The molecule has 29 heavy (non-hydrogen) atoms. The molecule has 5 nitrogen and oxygen atoms in total. The number of nitrogens with one attached hydrogen (secondary N) is 2. The number of hydrogen-bond donors (Lipinski definition) is 2. The van der Waals surface area contributed by atoms with E-state index in [0.717, 1.165) is 34.6 Å². The van der Waals surface area contributed by atoms with Gasteiger partial charge in [0.25, 0.3) is 0 Å². The van der Waals surface area contributed by atoms with Gasteiger partial charge in [-0.25, -0.2) is 0 Å². The molecule has 5 rings (SSSR count). The number of carbonyl (C=O) groups is 2. The molecule has 4 bridgehead atoms. The van der Waals surface area contributed by atoms with Crippen LogP contribution in [0.15, 0.2) is 18.2 Å². The molecule has 0 saturated heterocycles. The van der Waals surface area contributed by atoms with E-state index < -0.39 is 0 Å². The fourth-order valence-corrected chi connectivity index (χ4v) is 6.65. The predicted molar refractivity (Wildman–Crippen MR) is 113 cm³/mol. The number of hydrogen-bond acceptors (Lipinski definition) is 3. The van der Waals surface area contributed by atoms with Crippen molar-refractivity contribution in [2.75, 3.05) is 13.7 Å². The molecular weight excluding hydrogens is 364 g/mol. The van der Waals surface area contributed by atoms with Crippen molar-refractivity contribution in [3.8, 4) is 5.75 Å². The Morgan fingerprint density at radius 3 is 2.31 bits per heavy atom. The van der Waals surface area contributed by atoms with Gasteiger partial charge in [-0.1, -0.05) is 17.7 Å². The Labute approximate surface area is 174 Å². The molecule has 4 fully saturated rings. The SMILES string of the molecule is COc1ccc(C)cc1[C@@H](C)NC(=O)CNC(=O)CC12CC3CC(CC(C3)C1)C2. The Morgan fingerprint density at radius 2 is 1.72 bits per heavy atom. The van der Waals surface area contributed by atoms with Crippen LogP contribution >= 0.6 is 0 Å². The minimum absolute atomic E-state index is 0.0305. The largest absolute Gasteiger partial charge is 0.496 e. The third kappa shape index (κ3) is 4.44. The summed E-state index contributed by atoms with van der Waals surface area (Å²) in [6, 6.07) is 5.75. The monoisotopic (exact) mass is 398 g/mol. The summed E-state index contributed by atoms with van der Waals surface area (Å²) >= 11 is 0. The summed E-state index contributed by atoms with van der Waals surface area (Å²) in [5.74, 6) is 3.13.